The van der Waals surface area contributed by atoms with Gasteiger partial charge >= 0.3 is 0 Å². The average molecular weight is 507 g/mol. The van der Waals surface area contributed by atoms with E-state index in [1.165, 1.54) is 24.3 Å². The van der Waals surface area contributed by atoms with Crippen molar-refractivity contribution in [3.63, 3.8) is 0 Å². The monoisotopic (exact) mass is 506 g/mol. The lowest BCUT2D eigenvalue weighted by Crippen LogP contribution is -2.08. The minimum atomic E-state index is -4.25. The van der Waals surface area contributed by atoms with E-state index >= 15 is 0 Å². The second-order valence-corrected chi connectivity index (χ2v) is 10.4. The standard InChI is InChI=1S/C24H26O8S2/c1-3-23(17-5-13-21(14-6-17)33(25,26)27)31-19-9-11-20(12-10-19)32-24(4-2)18-7-15-22(16-8-18)34(28,29)30/h5-16,23-24H,3-4H2,1-2H3,(H,25,26,27)(H,28,29,30). The molecule has 0 aromatic heterocycles. The van der Waals surface area contributed by atoms with E-state index in [-0.39, 0.29) is 22.0 Å². The van der Waals surface area contributed by atoms with Crippen molar-refractivity contribution in [2.24, 2.45) is 0 Å². The van der Waals surface area contributed by atoms with Gasteiger partial charge < -0.3 is 9.47 Å². The molecule has 34 heavy (non-hydrogen) atoms. The highest BCUT2D eigenvalue weighted by Gasteiger charge is 2.16. The van der Waals surface area contributed by atoms with Gasteiger partial charge in [0.2, 0.25) is 0 Å². The minimum Gasteiger partial charge on any atom is -0.486 e. The van der Waals surface area contributed by atoms with Crippen LogP contribution < -0.4 is 9.47 Å². The number of benzene rings is 3. The first-order chi connectivity index (χ1) is 16.0. The molecule has 2 unspecified atom stereocenters. The fraction of sp³-hybridized carbons (Fsp3) is 0.250. The maximum Gasteiger partial charge on any atom is 0.294 e. The zero-order valence-corrected chi connectivity index (χ0v) is 20.3. The van der Waals surface area contributed by atoms with Crippen molar-refractivity contribution in [2.75, 3.05) is 0 Å². The van der Waals surface area contributed by atoms with Crippen molar-refractivity contribution < 1.29 is 35.4 Å². The molecule has 0 fully saturated rings. The van der Waals surface area contributed by atoms with E-state index in [1.54, 1.807) is 48.5 Å². The molecule has 0 amide bonds. The Morgan fingerprint density at radius 2 is 0.882 bits per heavy atom. The van der Waals surface area contributed by atoms with Crippen LogP contribution in [-0.4, -0.2) is 25.9 Å². The second-order valence-electron chi connectivity index (χ2n) is 7.59. The largest absolute Gasteiger partial charge is 0.486 e. The second kappa shape index (κ2) is 10.6. The van der Waals surface area contributed by atoms with Crippen LogP contribution in [0.1, 0.15) is 50.0 Å². The highest BCUT2D eigenvalue weighted by molar-refractivity contribution is 7.86. The molecule has 10 heteroatoms. The minimum absolute atomic E-state index is 0.175. The average Bonchev–Trinajstić information content (AvgIpc) is 2.81. The predicted molar refractivity (Wildman–Crippen MR) is 126 cm³/mol. The topological polar surface area (TPSA) is 127 Å². The fourth-order valence-electron chi connectivity index (χ4n) is 3.41. The zero-order chi connectivity index (χ0) is 24.9. The van der Waals surface area contributed by atoms with E-state index in [9.17, 15) is 16.8 Å². The third-order valence-electron chi connectivity index (χ3n) is 5.22. The molecule has 8 nitrogen and oxygen atoms in total. The molecule has 2 N–H and O–H groups in total. The van der Waals surface area contributed by atoms with E-state index < -0.39 is 20.2 Å². The van der Waals surface area contributed by atoms with Gasteiger partial charge in [0.15, 0.2) is 0 Å². The Hall–Kier alpha value is -2.92. The van der Waals surface area contributed by atoms with Gasteiger partial charge in [-0.15, -0.1) is 0 Å². The predicted octanol–water partition coefficient (Wildman–Crippen LogP) is 5.24. The van der Waals surface area contributed by atoms with Crippen molar-refractivity contribution >= 4 is 20.2 Å². The number of rotatable bonds is 10. The van der Waals surface area contributed by atoms with Crippen molar-refractivity contribution in [3.05, 3.63) is 83.9 Å². The van der Waals surface area contributed by atoms with E-state index in [4.69, 9.17) is 18.6 Å². The van der Waals surface area contributed by atoms with Gasteiger partial charge in [-0.1, -0.05) is 38.1 Å². The van der Waals surface area contributed by atoms with Gasteiger partial charge in [0.1, 0.15) is 23.7 Å². The summed E-state index contributed by atoms with van der Waals surface area (Å²) < 4.78 is 75.3. The lowest BCUT2D eigenvalue weighted by Gasteiger charge is -2.20. The quantitative estimate of drug-likeness (QED) is 0.357. The summed E-state index contributed by atoms with van der Waals surface area (Å²) in [5, 5.41) is 0. The molecule has 0 aliphatic heterocycles. The third-order valence-corrected chi connectivity index (χ3v) is 6.96. The Kier molecular flexibility index (Phi) is 7.98. The summed E-state index contributed by atoms with van der Waals surface area (Å²) in [4.78, 5) is -0.351. The first-order valence-corrected chi connectivity index (χ1v) is 13.5. The smallest absolute Gasteiger partial charge is 0.294 e. The molecule has 0 saturated carbocycles. The molecule has 0 spiro atoms. The molecule has 0 bridgehead atoms. The van der Waals surface area contributed by atoms with Gasteiger partial charge in [0, 0.05) is 0 Å². The molecule has 2 atom stereocenters. The maximum absolute atomic E-state index is 11.2. The highest BCUT2D eigenvalue weighted by Crippen LogP contribution is 2.30. The lowest BCUT2D eigenvalue weighted by molar-refractivity contribution is 0.195. The van der Waals surface area contributed by atoms with Crippen molar-refractivity contribution in [2.45, 2.75) is 48.7 Å². The number of hydrogen-bond acceptors (Lipinski definition) is 6. The zero-order valence-electron chi connectivity index (χ0n) is 18.7. The first-order valence-electron chi connectivity index (χ1n) is 10.6. The Morgan fingerprint density at radius 3 is 1.12 bits per heavy atom. The molecule has 3 rings (SSSR count). The summed E-state index contributed by atoms with van der Waals surface area (Å²) in [7, 11) is -8.50. The number of ether oxygens (including phenoxy) is 2. The Bertz CT molecular complexity index is 1190. The molecule has 182 valence electrons. The van der Waals surface area contributed by atoms with Gasteiger partial charge in [-0.2, -0.15) is 16.8 Å². The summed E-state index contributed by atoms with van der Waals surface area (Å²) in [6.07, 6.45) is 0.654. The molecule has 0 saturated heterocycles. The molecule has 0 aliphatic carbocycles. The van der Waals surface area contributed by atoms with Crippen LogP contribution in [-0.2, 0) is 20.2 Å². The molecule has 0 radical (unpaired) electrons. The molecule has 0 aliphatic rings. The van der Waals surface area contributed by atoms with E-state index in [1.807, 2.05) is 13.8 Å². The molecule has 0 heterocycles. The Balaban J connectivity index is 1.68. The van der Waals surface area contributed by atoms with E-state index in [2.05, 4.69) is 0 Å². The van der Waals surface area contributed by atoms with E-state index in [0.717, 1.165) is 11.1 Å². The summed E-state index contributed by atoms with van der Waals surface area (Å²) in [6.45, 7) is 3.88. The SMILES string of the molecule is CCC(Oc1ccc(OC(CC)c2ccc(S(=O)(=O)O)cc2)cc1)c1ccc(S(=O)(=O)O)cc1. The van der Waals surface area contributed by atoms with Crippen LogP contribution in [0.3, 0.4) is 0 Å². The summed E-state index contributed by atoms with van der Waals surface area (Å²) in [5.41, 5.74) is 1.55. The fourth-order valence-corrected chi connectivity index (χ4v) is 4.37. The summed E-state index contributed by atoms with van der Waals surface area (Å²) >= 11 is 0. The molecular formula is C24H26O8S2. The van der Waals surface area contributed by atoms with Crippen LogP contribution in [0.5, 0.6) is 11.5 Å². The third kappa shape index (κ3) is 6.57. The summed E-state index contributed by atoms with van der Waals surface area (Å²) in [5.74, 6) is 1.20. The lowest BCUT2D eigenvalue weighted by atomic mass is 10.1. The van der Waals surface area contributed by atoms with Gasteiger partial charge in [-0.25, -0.2) is 0 Å². The van der Waals surface area contributed by atoms with Gasteiger partial charge in [-0.3, -0.25) is 9.11 Å². The normalized spacial score (nSPS) is 13.8. The van der Waals surface area contributed by atoms with Crippen LogP contribution in [0.2, 0.25) is 0 Å². The van der Waals surface area contributed by atoms with Gasteiger partial charge in [-0.05, 0) is 72.5 Å². The van der Waals surface area contributed by atoms with Crippen molar-refractivity contribution in [3.8, 4) is 11.5 Å². The van der Waals surface area contributed by atoms with Crippen LogP contribution >= 0.6 is 0 Å². The van der Waals surface area contributed by atoms with Crippen molar-refractivity contribution in [1.82, 2.24) is 0 Å². The Morgan fingerprint density at radius 1 is 0.588 bits per heavy atom. The van der Waals surface area contributed by atoms with Crippen LogP contribution in [0.15, 0.2) is 82.6 Å². The van der Waals surface area contributed by atoms with E-state index in [0.29, 0.717) is 24.3 Å². The van der Waals surface area contributed by atoms with Crippen molar-refractivity contribution in [1.29, 1.82) is 0 Å². The number of hydrogen-bond donors (Lipinski definition) is 2. The van der Waals surface area contributed by atoms with Gasteiger partial charge in [0.25, 0.3) is 20.2 Å². The van der Waals surface area contributed by atoms with Gasteiger partial charge in [0.05, 0.1) is 9.79 Å². The maximum atomic E-state index is 11.2. The molecule has 3 aromatic carbocycles. The van der Waals surface area contributed by atoms with Crippen LogP contribution in [0.4, 0.5) is 0 Å². The Labute approximate surface area is 199 Å². The summed E-state index contributed by atoms with van der Waals surface area (Å²) in [6, 6.07) is 18.8. The van der Waals surface area contributed by atoms with Crippen LogP contribution in [0, 0.1) is 0 Å². The molecule has 3 aromatic rings. The molecular weight excluding hydrogens is 480 g/mol. The first kappa shape index (κ1) is 25.7. The van der Waals surface area contributed by atoms with Crippen LogP contribution in [0.25, 0.3) is 0 Å². The highest BCUT2D eigenvalue weighted by atomic mass is 32.2.